The van der Waals surface area contributed by atoms with Crippen LogP contribution in [0.2, 0.25) is 0 Å². The van der Waals surface area contributed by atoms with E-state index in [0.717, 1.165) is 45.4 Å². The molecule has 1 aromatic rings. The summed E-state index contributed by atoms with van der Waals surface area (Å²) in [5.41, 5.74) is 0.764. The molecule has 0 atom stereocenters. The summed E-state index contributed by atoms with van der Waals surface area (Å²) in [5, 5.41) is 3.37. The molecule has 20 heavy (non-hydrogen) atoms. The van der Waals surface area contributed by atoms with Gasteiger partial charge in [-0.05, 0) is 56.0 Å². The first-order valence-electron chi connectivity index (χ1n) is 6.94. The normalized spacial score (nSPS) is 20.8. The minimum Gasteiger partial charge on any atom is -0.338 e. The predicted molar refractivity (Wildman–Crippen MR) is 78.7 cm³/mol. The van der Waals surface area contributed by atoms with E-state index in [1.54, 1.807) is 12.1 Å². The molecule has 0 radical (unpaired) electrons. The lowest BCUT2D eigenvalue weighted by molar-refractivity contribution is 0.0761. The molecule has 1 aromatic carbocycles. The second-order valence-corrected chi connectivity index (χ2v) is 5.74. The second kappa shape index (κ2) is 6.10. The molecule has 0 aromatic heterocycles. The zero-order chi connectivity index (χ0) is 13.3. The molecule has 2 aliphatic heterocycles. The van der Waals surface area contributed by atoms with Crippen molar-refractivity contribution in [3.8, 4) is 0 Å². The Morgan fingerprint density at radius 1 is 1.25 bits per heavy atom. The lowest BCUT2D eigenvalue weighted by atomic mass is 9.78. The molecule has 2 fully saturated rings. The molecular formula is C15H20ClFN2O. The van der Waals surface area contributed by atoms with Gasteiger partial charge >= 0.3 is 0 Å². The first-order chi connectivity index (χ1) is 9.19. The van der Waals surface area contributed by atoms with Crippen molar-refractivity contribution in [1.29, 1.82) is 0 Å². The highest BCUT2D eigenvalue weighted by Gasteiger charge is 2.40. The molecule has 2 heterocycles. The second-order valence-electron chi connectivity index (χ2n) is 5.74. The Morgan fingerprint density at radius 2 is 2.00 bits per heavy atom. The number of benzene rings is 1. The van der Waals surface area contributed by atoms with Gasteiger partial charge in [-0.1, -0.05) is 6.07 Å². The molecule has 3 nitrogen and oxygen atoms in total. The minimum absolute atomic E-state index is 0. The third-order valence-electron chi connectivity index (χ3n) is 4.46. The van der Waals surface area contributed by atoms with Crippen molar-refractivity contribution in [1.82, 2.24) is 10.2 Å². The van der Waals surface area contributed by atoms with Gasteiger partial charge in [-0.15, -0.1) is 12.4 Å². The van der Waals surface area contributed by atoms with Gasteiger partial charge in [0.15, 0.2) is 0 Å². The van der Waals surface area contributed by atoms with E-state index in [2.05, 4.69) is 5.32 Å². The van der Waals surface area contributed by atoms with Crippen molar-refractivity contribution in [2.45, 2.75) is 19.3 Å². The van der Waals surface area contributed by atoms with Crippen molar-refractivity contribution in [2.24, 2.45) is 5.41 Å². The monoisotopic (exact) mass is 298 g/mol. The average molecular weight is 299 g/mol. The van der Waals surface area contributed by atoms with Gasteiger partial charge in [0.2, 0.25) is 0 Å². The molecule has 2 aliphatic rings. The Labute approximate surface area is 124 Å². The fourth-order valence-electron chi connectivity index (χ4n) is 3.28. The summed E-state index contributed by atoms with van der Waals surface area (Å²) < 4.78 is 13.2. The Balaban J connectivity index is 0.00000147. The fourth-order valence-corrected chi connectivity index (χ4v) is 3.28. The number of carbonyl (C=O) groups excluding carboxylic acids is 1. The van der Waals surface area contributed by atoms with Gasteiger partial charge in [-0.25, -0.2) is 4.39 Å². The van der Waals surface area contributed by atoms with Crippen molar-refractivity contribution in [3.05, 3.63) is 35.6 Å². The number of carbonyl (C=O) groups is 1. The number of likely N-dealkylation sites (tertiary alicyclic amines) is 1. The molecule has 110 valence electrons. The quantitative estimate of drug-likeness (QED) is 0.864. The first-order valence-corrected chi connectivity index (χ1v) is 6.94. The van der Waals surface area contributed by atoms with Gasteiger partial charge < -0.3 is 10.2 Å². The molecule has 5 heteroatoms. The predicted octanol–water partition coefficient (Wildman–Crippen LogP) is 2.46. The molecule has 1 spiro atoms. The van der Waals surface area contributed by atoms with Crippen molar-refractivity contribution in [3.63, 3.8) is 0 Å². The van der Waals surface area contributed by atoms with Gasteiger partial charge in [0.25, 0.3) is 5.91 Å². The Kier molecular flexibility index (Phi) is 4.66. The highest BCUT2D eigenvalue weighted by atomic mass is 35.5. The molecule has 0 bridgehead atoms. The third kappa shape index (κ3) is 2.96. The van der Waals surface area contributed by atoms with Crippen molar-refractivity contribution in [2.75, 3.05) is 26.2 Å². The Hall–Kier alpha value is -1.13. The number of nitrogens with zero attached hydrogens (tertiary/aromatic N) is 1. The van der Waals surface area contributed by atoms with Crippen LogP contribution in [-0.2, 0) is 0 Å². The van der Waals surface area contributed by atoms with Crippen LogP contribution in [0.15, 0.2) is 24.3 Å². The van der Waals surface area contributed by atoms with Gasteiger partial charge in [-0.2, -0.15) is 0 Å². The summed E-state index contributed by atoms with van der Waals surface area (Å²) in [6.45, 7) is 3.71. The van der Waals surface area contributed by atoms with E-state index in [1.165, 1.54) is 12.1 Å². The summed E-state index contributed by atoms with van der Waals surface area (Å²) in [7, 11) is 0. The molecule has 0 aliphatic carbocycles. The van der Waals surface area contributed by atoms with E-state index in [4.69, 9.17) is 0 Å². The first kappa shape index (κ1) is 15.3. The standard InChI is InChI=1S/C15H19FN2O.ClH/c16-13-3-1-2-12(10-13)14(19)18-9-6-15(11-18)4-7-17-8-5-15;/h1-3,10,17H,4-9,11H2;1H. The van der Waals surface area contributed by atoms with Gasteiger partial charge in [-0.3, -0.25) is 4.79 Å². The minimum atomic E-state index is -0.346. The van der Waals surface area contributed by atoms with Crippen LogP contribution < -0.4 is 5.32 Å². The van der Waals surface area contributed by atoms with Crippen molar-refractivity contribution < 1.29 is 9.18 Å². The number of amides is 1. The lowest BCUT2D eigenvalue weighted by Gasteiger charge is -2.33. The Bertz CT molecular complexity index is 489. The van der Waals surface area contributed by atoms with E-state index in [0.29, 0.717) is 11.0 Å². The number of halogens is 2. The van der Waals surface area contributed by atoms with Gasteiger partial charge in [0, 0.05) is 18.7 Å². The topological polar surface area (TPSA) is 32.3 Å². The molecule has 1 N–H and O–H groups in total. The largest absolute Gasteiger partial charge is 0.338 e. The zero-order valence-electron chi connectivity index (χ0n) is 11.4. The zero-order valence-corrected chi connectivity index (χ0v) is 12.2. The van der Waals surface area contributed by atoms with E-state index in [-0.39, 0.29) is 24.1 Å². The highest BCUT2D eigenvalue weighted by Crippen LogP contribution is 2.38. The van der Waals surface area contributed by atoms with Crippen LogP contribution in [0, 0.1) is 11.2 Å². The van der Waals surface area contributed by atoms with E-state index >= 15 is 0 Å². The molecule has 1 amide bonds. The molecule has 3 rings (SSSR count). The van der Waals surface area contributed by atoms with E-state index in [9.17, 15) is 9.18 Å². The fraction of sp³-hybridized carbons (Fsp3) is 0.533. The number of hydrogen-bond donors (Lipinski definition) is 1. The van der Waals surface area contributed by atoms with Crippen LogP contribution in [-0.4, -0.2) is 37.0 Å². The summed E-state index contributed by atoms with van der Waals surface area (Å²) in [6.07, 6.45) is 3.36. The van der Waals surface area contributed by atoms with Gasteiger partial charge in [0.1, 0.15) is 5.82 Å². The third-order valence-corrected chi connectivity index (χ3v) is 4.46. The smallest absolute Gasteiger partial charge is 0.253 e. The van der Waals surface area contributed by atoms with Crippen LogP contribution in [0.3, 0.4) is 0 Å². The number of hydrogen-bond acceptors (Lipinski definition) is 2. The summed E-state index contributed by atoms with van der Waals surface area (Å²) in [4.78, 5) is 14.3. The lowest BCUT2D eigenvalue weighted by Crippen LogP contribution is -2.39. The Morgan fingerprint density at radius 3 is 2.70 bits per heavy atom. The van der Waals surface area contributed by atoms with Crippen LogP contribution in [0.1, 0.15) is 29.6 Å². The maximum atomic E-state index is 13.2. The molecule has 2 saturated heterocycles. The highest BCUT2D eigenvalue weighted by molar-refractivity contribution is 5.94. The number of piperidine rings is 1. The number of rotatable bonds is 1. The van der Waals surface area contributed by atoms with E-state index in [1.807, 2.05) is 4.90 Å². The summed E-state index contributed by atoms with van der Waals surface area (Å²) >= 11 is 0. The summed E-state index contributed by atoms with van der Waals surface area (Å²) in [5.74, 6) is -0.378. The molecule has 0 saturated carbocycles. The van der Waals surface area contributed by atoms with Crippen LogP contribution in [0.5, 0.6) is 0 Å². The SMILES string of the molecule is Cl.O=C(c1cccc(F)c1)N1CCC2(CCNCC2)C1. The van der Waals surface area contributed by atoms with E-state index < -0.39 is 0 Å². The number of nitrogens with one attached hydrogen (secondary N) is 1. The van der Waals surface area contributed by atoms with Crippen molar-refractivity contribution >= 4 is 18.3 Å². The molecular weight excluding hydrogens is 279 g/mol. The maximum absolute atomic E-state index is 13.2. The van der Waals surface area contributed by atoms with Crippen LogP contribution in [0.4, 0.5) is 4.39 Å². The average Bonchev–Trinajstić information content (AvgIpc) is 2.82. The summed E-state index contributed by atoms with van der Waals surface area (Å²) in [6, 6.07) is 5.99. The van der Waals surface area contributed by atoms with Crippen LogP contribution in [0.25, 0.3) is 0 Å². The maximum Gasteiger partial charge on any atom is 0.253 e. The molecule has 0 unspecified atom stereocenters. The van der Waals surface area contributed by atoms with Gasteiger partial charge in [0.05, 0.1) is 0 Å². The van der Waals surface area contributed by atoms with Crippen LogP contribution >= 0.6 is 12.4 Å².